The van der Waals surface area contributed by atoms with Crippen molar-refractivity contribution in [2.75, 3.05) is 0 Å². The van der Waals surface area contributed by atoms with Gasteiger partial charge >= 0.3 is 6.09 Å². The zero-order valence-corrected chi connectivity index (χ0v) is 15.5. The minimum Gasteiger partial charge on any atom is -0.493 e. The molecule has 0 aliphatic carbocycles. The minimum absolute atomic E-state index is 0.0254. The highest BCUT2D eigenvalue weighted by atomic mass is 16.6. The molecule has 0 spiro atoms. The number of hydrogen-bond acceptors (Lipinski definition) is 5. The highest BCUT2D eigenvalue weighted by Gasteiger charge is 2.24. The lowest BCUT2D eigenvalue weighted by atomic mass is 10.2. The molecule has 7 nitrogen and oxygen atoms in total. The third kappa shape index (κ3) is 3.33. The van der Waals surface area contributed by atoms with E-state index in [1.165, 1.54) is 9.36 Å². The maximum atomic E-state index is 12.3. The van der Waals surface area contributed by atoms with Gasteiger partial charge in [-0.2, -0.15) is 14.9 Å². The normalized spacial score (nSPS) is 11.6. The first-order valence-electron chi connectivity index (χ1n) is 8.32. The van der Waals surface area contributed by atoms with Crippen molar-refractivity contribution in [3.8, 4) is 22.8 Å². The molecular weight excluding hydrogens is 332 g/mol. The second-order valence-corrected chi connectivity index (χ2v) is 7.09. The van der Waals surface area contributed by atoms with Crippen LogP contribution in [0.15, 0.2) is 36.4 Å². The summed E-state index contributed by atoms with van der Waals surface area (Å²) >= 11 is 0. The molecule has 0 bridgehead atoms. The molecule has 0 amide bonds. The van der Waals surface area contributed by atoms with Gasteiger partial charge in [-0.05, 0) is 52.8 Å². The summed E-state index contributed by atoms with van der Waals surface area (Å²) in [6, 6.07) is 11.0. The van der Waals surface area contributed by atoms with Crippen LogP contribution < -0.4 is 0 Å². The van der Waals surface area contributed by atoms with Gasteiger partial charge in [-0.3, -0.25) is 0 Å². The van der Waals surface area contributed by atoms with Gasteiger partial charge < -0.3 is 9.84 Å². The van der Waals surface area contributed by atoms with Crippen LogP contribution in [0.4, 0.5) is 4.79 Å². The largest absolute Gasteiger partial charge is 0.493 e. The molecule has 136 valence electrons. The Hall–Kier alpha value is -3.09. The average Bonchev–Trinajstić information content (AvgIpc) is 3.06. The van der Waals surface area contributed by atoms with Crippen molar-refractivity contribution < 1.29 is 14.6 Å². The van der Waals surface area contributed by atoms with E-state index in [-0.39, 0.29) is 5.88 Å². The van der Waals surface area contributed by atoms with Crippen LogP contribution >= 0.6 is 0 Å². The molecule has 0 radical (unpaired) electrons. The number of ether oxygens (including phenoxy) is 1. The fourth-order valence-electron chi connectivity index (χ4n) is 2.65. The lowest BCUT2D eigenvalue weighted by molar-refractivity contribution is 0.0511. The number of aromatic nitrogens is 4. The molecule has 1 aromatic carbocycles. The van der Waals surface area contributed by atoms with Crippen LogP contribution in [0.25, 0.3) is 16.9 Å². The molecule has 0 unspecified atom stereocenters. The van der Waals surface area contributed by atoms with Crippen molar-refractivity contribution in [3.63, 3.8) is 0 Å². The smallest absolute Gasteiger partial charge is 0.435 e. The van der Waals surface area contributed by atoms with E-state index in [4.69, 9.17) is 4.74 Å². The Bertz CT molecular complexity index is 949. The van der Waals surface area contributed by atoms with E-state index in [1.54, 1.807) is 40.7 Å². The van der Waals surface area contributed by atoms with Crippen LogP contribution in [0.3, 0.4) is 0 Å². The topological polar surface area (TPSA) is 82.2 Å². The molecular formula is C19H22N4O3. The fraction of sp³-hybridized carbons (Fsp3) is 0.316. The number of carbonyl (C=O) groups excluding carboxylic acids is 1. The molecule has 0 fully saturated rings. The maximum Gasteiger partial charge on any atom is 0.435 e. The van der Waals surface area contributed by atoms with Gasteiger partial charge in [-0.15, -0.1) is 0 Å². The highest BCUT2D eigenvalue weighted by molar-refractivity contribution is 5.75. The summed E-state index contributed by atoms with van der Waals surface area (Å²) in [5.74, 6) is -0.0254. The van der Waals surface area contributed by atoms with E-state index in [0.29, 0.717) is 22.6 Å². The monoisotopic (exact) mass is 354 g/mol. The van der Waals surface area contributed by atoms with Gasteiger partial charge in [0.1, 0.15) is 11.3 Å². The van der Waals surface area contributed by atoms with E-state index in [0.717, 1.165) is 5.69 Å². The summed E-state index contributed by atoms with van der Waals surface area (Å²) in [5, 5.41) is 19.4. The van der Waals surface area contributed by atoms with Crippen molar-refractivity contribution in [2.24, 2.45) is 0 Å². The lowest BCUT2D eigenvalue weighted by Crippen LogP contribution is -2.28. The quantitative estimate of drug-likeness (QED) is 0.756. The first kappa shape index (κ1) is 17.7. The van der Waals surface area contributed by atoms with Crippen LogP contribution in [0.2, 0.25) is 0 Å². The predicted octanol–water partition coefficient (Wildman–Crippen LogP) is 3.84. The van der Waals surface area contributed by atoms with Gasteiger partial charge in [0.25, 0.3) is 0 Å². The molecule has 7 heteroatoms. The van der Waals surface area contributed by atoms with E-state index in [1.807, 2.05) is 30.3 Å². The first-order chi connectivity index (χ1) is 12.2. The minimum atomic E-state index is -0.619. The van der Waals surface area contributed by atoms with Gasteiger partial charge in [0.15, 0.2) is 0 Å². The third-order valence-electron chi connectivity index (χ3n) is 3.75. The molecule has 3 aromatic rings. The number of aryl methyl sites for hydroxylation is 2. The molecule has 3 rings (SSSR count). The van der Waals surface area contributed by atoms with Crippen LogP contribution in [0.5, 0.6) is 5.88 Å². The van der Waals surface area contributed by atoms with Gasteiger partial charge in [0.2, 0.25) is 5.88 Å². The number of benzene rings is 1. The standard InChI is InChI=1S/C19H22N4O3/c1-12-11-15(21-22(12)18(25)26-19(3,4)5)16-13(2)20-23(17(16)24)14-9-7-6-8-10-14/h6-11,24H,1-5H3. The summed E-state index contributed by atoms with van der Waals surface area (Å²) in [5.41, 5.74) is 2.29. The summed E-state index contributed by atoms with van der Waals surface area (Å²) in [4.78, 5) is 12.3. The SMILES string of the molecule is Cc1nn(-c2ccccc2)c(O)c1-c1cc(C)n(C(=O)OC(C)(C)C)n1. The number of carbonyl (C=O) groups is 1. The van der Waals surface area contributed by atoms with Crippen molar-refractivity contribution in [2.45, 2.75) is 40.2 Å². The second kappa shape index (κ2) is 6.33. The summed E-state index contributed by atoms with van der Waals surface area (Å²) in [6.07, 6.45) is -0.561. The van der Waals surface area contributed by atoms with E-state index >= 15 is 0 Å². The average molecular weight is 354 g/mol. The molecule has 26 heavy (non-hydrogen) atoms. The van der Waals surface area contributed by atoms with Gasteiger partial charge in [-0.1, -0.05) is 18.2 Å². The fourth-order valence-corrected chi connectivity index (χ4v) is 2.65. The molecule has 2 heterocycles. The predicted molar refractivity (Wildman–Crippen MR) is 97.6 cm³/mol. The van der Waals surface area contributed by atoms with Crippen molar-refractivity contribution in [1.29, 1.82) is 0 Å². The molecule has 0 saturated carbocycles. The number of hydrogen-bond donors (Lipinski definition) is 1. The Labute approximate surface area is 151 Å². The van der Waals surface area contributed by atoms with Gasteiger partial charge in [0, 0.05) is 5.69 Å². The van der Waals surface area contributed by atoms with E-state index < -0.39 is 11.7 Å². The zero-order chi connectivity index (χ0) is 19.1. The van der Waals surface area contributed by atoms with Crippen molar-refractivity contribution in [3.05, 3.63) is 47.8 Å². The highest BCUT2D eigenvalue weighted by Crippen LogP contribution is 2.33. The summed E-state index contributed by atoms with van der Waals surface area (Å²) in [6.45, 7) is 8.93. The molecule has 1 N–H and O–H groups in total. The number of aromatic hydroxyl groups is 1. The van der Waals surface area contributed by atoms with Crippen LogP contribution in [-0.4, -0.2) is 36.4 Å². The lowest BCUT2D eigenvalue weighted by Gasteiger charge is -2.19. The third-order valence-corrected chi connectivity index (χ3v) is 3.75. The molecule has 0 atom stereocenters. The maximum absolute atomic E-state index is 12.3. The van der Waals surface area contributed by atoms with Crippen LogP contribution in [0, 0.1) is 13.8 Å². The molecule has 0 aliphatic heterocycles. The Balaban J connectivity index is 2.02. The Kier molecular flexibility index (Phi) is 4.31. The van der Waals surface area contributed by atoms with Crippen molar-refractivity contribution >= 4 is 6.09 Å². The summed E-state index contributed by atoms with van der Waals surface area (Å²) in [7, 11) is 0. The molecule has 0 aliphatic rings. The second-order valence-electron chi connectivity index (χ2n) is 7.09. The number of nitrogens with zero attached hydrogens (tertiary/aromatic N) is 4. The van der Waals surface area contributed by atoms with Crippen LogP contribution in [0.1, 0.15) is 32.2 Å². The number of rotatable bonds is 2. The zero-order valence-electron chi connectivity index (χ0n) is 15.5. The molecule has 0 saturated heterocycles. The Morgan fingerprint density at radius 2 is 1.77 bits per heavy atom. The summed E-state index contributed by atoms with van der Waals surface area (Å²) < 4.78 is 8.01. The number of para-hydroxylation sites is 1. The first-order valence-corrected chi connectivity index (χ1v) is 8.32. The van der Waals surface area contributed by atoms with Crippen LogP contribution in [-0.2, 0) is 4.74 Å². The molecule has 2 aromatic heterocycles. The van der Waals surface area contributed by atoms with Gasteiger partial charge in [0.05, 0.1) is 16.9 Å². The van der Waals surface area contributed by atoms with Gasteiger partial charge in [-0.25, -0.2) is 9.48 Å². The Morgan fingerprint density at radius 1 is 1.12 bits per heavy atom. The van der Waals surface area contributed by atoms with Crippen molar-refractivity contribution in [1.82, 2.24) is 19.6 Å². The van der Waals surface area contributed by atoms with E-state index in [9.17, 15) is 9.90 Å². The Morgan fingerprint density at radius 3 is 2.38 bits per heavy atom. The van der Waals surface area contributed by atoms with E-state index in [2.05, 4.69) is 10.2 Å².